The zero-order valence-corrected chi connectivity index (χ0v) is 21.1. The van der Waals surface area contributed by atoms with Crippen LogP contribution in [0.3, 0.4) is 0 Å². The molecule has 2 aromatic carbocycles. The summed E-state index contributed by atoms with van der Waals surface area (Å²) in [6.07, 6.45) is 0. The highest BCUT2D eigenvalue weighted by Gasteiger charge is 2.21. The molecule has 0 radical (unpaired) electrons. The Labute approximate surface area is 203 Å². The lowest BCUT2D eigenvalue weighted by Crippen LogP contribution is -2.48. The first-order chi connectivity index (χ1) is 15.8. The summed E-state index contributed by atoms with van der Waals surface area (Å²) in [6, 6.07) is 10.0. The molecule has 1 aromatic heterocycles. The van der Waals surface area contributed by atoms with Gasteiger partial charge in [0, 0.05) is 44.8 Å². The molecule has 4 rings (SSSR count). The molecule has 0 unspecified atom stereocenters. The minimum Gasteiger partial charge on any atom is -0.351 e. The van der Waals surface area contributed by atoms with E-state index in [4.69, 9.17) is 16.6 Å². The SMILES string of the molecule is CCS(=O)(=O)c1ccc(C(=O)NCCN2CCN(c3nc4c(C)ccc(Cl)c4s3)CC2)cc1. The van der Waals surface area contributed by atoms with E-state index < -0.39 is 9.84 Å². The summed E-state index contributed by atoms with van der Waals surface area (Å²) in [4.78, 5) is 22.1. The number of thiazole rings is 1. The first kappa shape index (κ1) is 23.9. The number of amides is 1. The number of aryl methyl sites for hydroxylation is 1. The number of nitrogens with one attached hydrogen (secondary N) is 1. The lowest BCUT2D eigenvalue weighted by Gasteiger charge is -2.34. The Bertz CT molecular complexity index is 1210. The maximum Gasteiger partial charge on any atom is 0.251 e. The minimum atomic E-state index is -3.26. The van der Waals surface area contributed by atoms with Crippen molar-refractivity contribution in [2.75, 3.05) is 49.9 Å². The monoisotopic (exact) mass is 506 g/mol. The number of nitrogens with zero attached hydrogens (tertiary/aromatic N) is 3. The molecule has 1 saturated heterocycles. The summed E-state index contributed by atoms with van der Waals surface area (Å²) in [7, 11) is -3.26. The molecular formula is C23H27ClN4O3S2. The number of piperazine rings is 1. The van der Waals surface area contributed by atoms with Gasteiger partial charge in [0.05, 0.1) is 25.9 Å². The molecule has 0 saturated carbocycles. The van der Waals surface area contributed by atoms with E-state index in [1.165, 1.54) is 12.1 Å². The van der Waals surface area contributed by atoms with E-state index in [1.54, 1.807) is 30.4 Å². The van der Waals surface area contributed by atoms with Crippen molar-refractivity contribution in [3.8, 4) is 0 Å². The summed E-state index contributed by atoms with van der Waals surface area (Å²) >= 11 is 7.99. The second-order valence-corrected chi connectivity index (χ2v) is 11.7. The predicted octanol–water partition coefficient (Wildman–Crippen LogP) is 3.60. The number of anilines is 1. The van der Waals surface area contributed by atoms with Crippen LogP contribution in [0.15, 0.2) is 41.3 Å². The number of aromatic nitrogens is 1. The summed E-state index contributed by atoms with van der Waals surface area (Å²) in [5, 5.41) is 4.67. The topological polar surface area (TPSA) is 82.6 Å². The van der Waals surface area contributed by atoms with Crippen LogP contribution in [0.5, 0.6) is 0 Å². The highest BCUT2D eigenvalue weighted by Crippen LogP contribution is 2.35. The first-order valence-electron chi connectivity index (χ1n) is 10.9. The number of hydrogen-bond donors (Lipinski definition) is 1. The van der Waals surface area contributed by atoms with Crippen molar-refractivity contribution in [2.45, 2.75) is 18.7 Å². The Hall–Kier alpha value is -2.20. The fourth-order valence-corrected chi connectivity index (χ4v) is 6.05. The third-order valence-corrected chi connectivity index (χ3v) is 9.22. The van der Waals surface area contributed by atoms with Crippen LogP contribution in [-0.4, -0.2) is 69.2 Å². The van der Waals surface area contributed by atoms with Crippen molar-refractivity contribution in [1.29, 1.82) is 0 Å². The van der Waals surface area contributed by atoms with E-state index in [0.717, 1.165) is 58.7 Å². The Morgan fingerprint density at radius 3 is 2.45 bits per heavy atom. The van der Waals surface area contributed by atoms with Gasteiger partial charge in [-0.15, -0.1) is 0 Å². The van der Waals surface area contributed by atoms with E-state index in [0.29, 0.717) is 12.1 Å². The average molecular weight is 507 g/mol. The first-order valence-corrected chi connectivity index (χ1v) is 13.8. The van der Waals surface area contributed by atoms with Gasteiger partial charge in [-0.25, -0.2) is 13.4 Å². The van der Waals surface area contributed by atoms with Crippen LogP contribution in [0.2, 0.25) is 5.02 Å². The zero-order valence-electron chi connectivity index (χ0n) is 18.7. The maximum atomic E-state index is 12.4. The molecule has 10 heteroatoms. The van der Waals surface area contributed by atoms with Crippen molar-refractivity contribution in [1.82, 2.24) is 15.2 Å². The van der Waals surface area contributed by atoms with Crippen LogP contribution in [0, 0.1) is 6.92 Å². The number of hydrogen-bond acceptors (Lipinski definition) is 7. The summed E-state index contributed by atoms with van der Waals surface area (Å²) in [6.45, 7) is 8.47. The smallest absolute Gasteiger partial charge is 0.251 e. The molecule has 7 nitrogen and oxygen atoms in total. The van der Waals surface area contributed by atoms with E-state index in [9.17, 15) is 13.2 Å². The maximum absolute atomic E-state index is 12.4. The van der Waals surface area contributed by atoms with Gasteiger partial charge in [-0.3, -0.25) is 9.69 Å². The molecule has 1 aliphatic heterocycles. The van der Waals surface area contributed by atoms with Gasteiger partial charge >= 0.3 is 0 Å². The zero-order chi connectivity index (χ0) is 23.6. The van der Waals surface area contributed by atoms with Crippen molar-refractivity contribution >= 4 is 54.0 Å². The van der Waals surface area contributed by atoms with E-state index in [1.807, 2.05) is 12.1 Å². The Morgan fingerprint density at radius 2 is 1.82 bits per heavy atom. The van der Waals surface area contributed by atoms with Crippen LogP contribution < -0.4 is 10.2 Å². The number of rotatable bonds is 7. The van der Waals surface area contributed by atoms with Gasteiger partial charge in [0.1, 0.15) is 0 Å². The molecule has 0 spiro atoms. The van der Waals surface area contributed by atoms with Gasteiger partial charge in [0.2, 0.25) is 0 Å². The molecule has 33 heavy (non-hydrogen) atoms. The average Bonchev–Trinajstić information content (AvgIpc) is 3.29. The quantitative estimate of drug-likeness (QED) is 0.527. The van der Waals surface area contributed by atoms with Crippen LogP contribution in [-0.2, 0) is 9.84 Å². The molecule has 1 aliphatic rings. The molecule has 1 amide bonds. The summed E-state index contributed by atoms with van der Waals surface area (Å²) in [5.41, 5.74) is 2.57. The van der Waals surface area contributed by atoms with Crippen LogP contribution in [0.25, 0.3) is 10.2 Å². The van der Waals surface area contributed by atoms with Crippen molar-refractivity contribution in [3.63, 3.8) is 0 Å². The van der Waals surface area contributed by atoms with Crippen molar-refractivity contribution in [3.05, 3.63) is 52.5 Å². The number of fused-ring (bicyclic) bond motifs is 1. The molecule has 1 N–H and O–H groups in total. The molecule has 0 aliphatic carbocycles. The van der Waals surface area contributed by atoms with Gasteiger partial charge in [-0.1, -0.05) is 35.9 Å². The highest BCUT2D eigenvalue weighted by molar-refractivity contribution is 7.91. The Balaban J connectivity index is 1.26. The number of benzene rings is 2. The van der Waals surface area contributed by atoms with E-state index >= 15 is 0 Å². The third-order valence-electron chi connectivity index (χ3n) is 5.90. The molecule has 0 bridgehead atoms. The van der Waals surface area contributed by atoms with E-state index in [-0.39, 0.29) is 16.6 Å². The van der Waals surface area contributed by atoms with Crippen molar-refractivity contribution < 1.29 is 13.2 Å². The number of carbonyl (C=O) groups excluding carboxylic acids is 1. The van der Waals surface area contributed by atoms with Gasteiger partial charge in [0.15, 0.2) is 15.0 Å². The molecule has 2 heterocycles. The van der Waals surface area contributed by atoms with Crippen LogP contribution >= 0.6 is 22.9 Å². The summed E-state index contributed by atoms with van der Waals surface area (Å²) in [5.74, 6) is -0.158. The Kier molecular flexibility index (Phi) is 7.23. The largest absolute Gasteiger partial charge is 0.351 e. The summed E-state index contributed by atoms with van der Waals surface area (Å²) < 4.78 is 24.8. The van der Waals surface area contributed by atoms with Gasteiger partial charge in [-0.2, -0.15) is 0 Å². The minimum absolute atomic E-state index is 0.0398. The molecular weight excluding hydrogens is 480 g/mol. The molecule has 176 valence electrons. The number of halogens is 1. The lowest BCUT2D eigenvalue weighted by molar-refractivity contribution is 0.0947. The number of carbonyl (C=O) groups is 1. The standard InChI is InChI=1S/C23H27ClN4O3S2/c1-3-33(30,31)18-7-5-17(6-8-18)22(29)25-10-11-27-12-14-28(15-13-27)23-26-20-16(2)4-9-19(24)21(20)32-23/h4-9H,3,10-15H2,1-2H3,(H,25,29). The fraction of sp³-hybridized carbons (Fsp3) is 0.391. The predicted molar refractivity (Wildman–Crippen MR) is 135 cm³/mol. The number of sulfone groups is 1. The molecule has 1 fully saturated rings. The highest BCUT2D eigenvalue weighted by atomic mass is 35.5. The molecule has 0 atom stereocenters. The van der Waals surface area contributed by atoms with Crippen LogP contribution in [0.1, 0.15) is 22.8 Å². The fourth-order valence-electron chi connectivity index (χ4n) is 3.80. The van der Waals surface area contributed by atoms with Crippen molar-refractivity contribution in [2.24, 2.45) is 0 Å². The third kappa shape index (κ3) is 5.32. The van der Waals surface area contributed by atoms with Crippen LogP contribution in [0.4, 0.5) is 5.13 Å². The molecule has 3 aromatic rings. The van der Waals surface area contributed by atoms with Gasteiger partial charge in [0.25, 0.3) is 5.91 Å². The van der Waals surface area contributed by atoms with E-state index in [2.05, 4.69) is 22.0 Å². The normalized spacial score (nSPS) is 15.2. The lowest BCUT2D eigenvalue weighted by atomic mass is 10.2. The van der Waals surface area contributed by atoms with Gasteiger partial charge in [-0.05, 0) is 42.8 Å². The second kappa shape index (κ2) is 9.97. The Morgan fingerprint density at radius 1 is 1.12 bits per heavy atom. The second-order valence-electron chi connectivity index (χ2n) is 8.05. The van der Waals surface area contributed by atoms with Gasteiger partial charge < -0.3 is 10.2 Å².